The molecule has 3 aromatic carbocycles. The molecule has 4 atom stereocenters. The zero-order valence-corrected chi connectivity index (χ0v) is 33.2. The van der Waals surface area contributed by atoms with Gasteiger partial charge in [-0.3, -0.25) is 39.2 Å². The maximum atomic E-state index is 15.5. The number of carbonyl (C=O) groups is 4. The van der Waals surface area contributed by atoms with Gasteiger partial charge in [-0.1, -0.05) is 6.07 Å². The molecule has 18 heteroatoms. The van der Waals surface area contributed by atoms with Crippen molar-refractivity contribution < 1.29 is 41.5 Å². The molecular formula is C40H44F4N8O5S. The normalized spacial score (nSPS) is 22.7. The lowest BCUT2D eigenvalue weighted by atomic mass is 10.0. The van der Waals surface area contributed by atoms with Crippen LogP contribution in [0.1, 0.15) is 51.7 Å². The number of benzene rings is 3. The largest absolute Gasteiger partial charge is 0.489 e. The Hall–Kier alpha value is -5.38. The van der Waals surface area contributed by atoms with Crippen LogP contribution in [0.5, 0.6) is 5.75 Å². The molecule has 3 aliphatic rings. The van der Waals surface area contributed by atoms with Gasteiger partial charge in [0, 0.05) is 67.0 Å². The molecule has 3 fully saturated rings. The van der Waals surface area contributed by atoms with E-state index >= 15 is 4.39 Å². The number of ether oxygens (including phenoxy) is 1. The molecule has 3 aromatic rings. The molecule has 3 N–H and O–H groups in total. The van der Waals surface area contributed by atoms with Crippen LogP contribution in [0.2, 0.25) is 0 Å². The standard InChI is InChI=1S/C40H44F4N8O5S/c1-23-20-49(21-24(2)50(23)22-35(54)47-27-7-5-6-26(16-27)46-32-11-13-34(53)48-36(32)55)14-15-57-33-12-10-29(18-31(33)41)52-38(58)51(37(56)39(52,3)4)28-9-8-25(19-45)30(17-28)40(42,43)44/h5-10,12,16-18,23-24,32,38,46,58H,11,13-15,20-22H2,1-4H3,(H,47,54)(H,48,53,55)/t23-,24+,32?,38?. The molecule has 58 heavy (non-hydrogen) atoms. The van der Waals surface area contributed by atoms with Gasteiger partial charge in [0.1, 0.15) is 18.2 Å². The van der Waals surface area contributed by atoms with E-state index in [9.17, 15) is 37.6 Å². The SMILES string of the molecule is C[C@@H]1CN(CCOc2ccc(N3C(S)N(c4ccc(C#N)c(C(F)(F)F)c4)C(=O)C3(C)C)cc2F)C[C@H](C)N1CC(=O)Nc1cccc(NC2CCC(=O)NC2=O)c1. The summed E-state index contributed by atoms with van der Waals surface area (Å²) in [4.78, 5) is 57.2. The van der Waals surface area contributed by atoms with Crippen molar-refractivity contribution in [3.63, 3.8) is 0 Å². The summed E-state index contributed by atoms with van der Waals surface area (Å²) in [7, 11) is 0. The fraction of sp³-hybridized carbons (Fsp3) is 0.425. The van der Waals surface area contributed by atoms with E-state index in [0.717, 1.165) is 17.0 Å². The number of hydrogen-bond donors (Lipinski definition) is 4. The Kier molecular flexibility index (Phi) is 12.3. The summed E-state index contributed by atoms with van der Waals surface area (Å²) in [5.74, 6) is -2.17. The molecule has 0 spiro atoms. The number of carbonyl (C=O) groups excluding carboxylic acids is 4. The lowest BCUT2D eigenvalue weighted by Crippen LogP contribution is -2.58. The highest BCUT2D eigenvalue weighted by Crippen LogP contribution is 2.43. The molecule has 4 amide bonds. The number of nitriles is 1. The van der Waals surface area contributed by atoms with Gasteiger partial charge in [0.15, 0.2) is 17.1 Å². The van der Waals surface area contributed by atoms with Crippen LogP contribution in [0.15, 0.2) is 60.7 Å². The molecule has 0 aromatic heterocycles. The quantitative estimate of drug-likeness (QED) is 0.116. The molecule has 3 aliphatic heterocycles. The van der Waals surface area contributed by atoms with Crippen molar-refractivity contribution in [2.45, 2.75) is 75.9 Å². The van der Waals surface area contributed by atoms with Crippen molar-refractivity contribution in [3.8, 4) is 11.8 Å². The number of piperazine rings is 1. The van der Waals surface area contributed by atoms with Crippen LogP contribution in [-0.4, -0.2) is 95.4 Å². The Morgan fingerprint density at radius 3 is 2.36 bits per heavy atom. The van der Waals surface area contributed by atoms with Gasteiger partial charge in [0.05, 0.1) is 23.7 Å². The van der Waals surface area contributed by atoms with Crippen molar-refractivity contribution in [1.82, 2.24) is 15.1 Å². The highest BCUT2D eigenvalue weighted by atomic mass is 32.1. The smallest absolute Gasteiger partial charge is 0.417 e. The maximum Gasteiger partial charge on any atom is 0.417 e. The van der Waals surface area contributed by atoms with E-state index in [2.05, 4.69) is 38.4 Å². The number of hydrogen-bond acceptors (Lipinski definition) is 11. The Morgan fingerprint density at radius 1 is 1.02 bits per heavy atom. The second-order valence-electron chi connectivity index (χ2n) is 15.2. The molecule has 308 valence electrons. The van der Waals surface area contributed by atoms with E-state index in [4.69, 9.17) is 4.74 Å². The average molecular weight is 825 g/mol. The van der Waals surface area contributed by atoms with E-state index in [1.807, 2.05) is 13.8 Å². The molecule has 2 unspecified atom stereocenters. The second-order valence-corrected chi connectivity index (χ2v) is 15.6. The van der Waals surface area contributed by atoms with Gasteiger partial charge in [-0.15, -0.1) is 12.6 Å². The Bertz CT molecular complexity index is 2120. The van der Waals surface area contributed by atoms with E-state index in [0.29, 0.717) is 37.4 Å². The van der Waals surface area contributed by atoms with Crippen molar-refractivity contribution in [2.24, 2.45) is 0 Å². The number of alkyl halides is 3. The molecule has 6 rings (SSSR count). The van der Waals surface area contributed by atoms with E-state index < -0.39 is 46.1 Å². The van der Waals surface area contributed by atoms with Crippen LogP contribution >= 0.6 is 12.6 Å². The molecule has 0 saturated carbocycles. The Morgan fingerprint density at radius 2 is 1.71 bits per heavy atom. The molecule has 3 heterocycles. The highest BCUT2D eigenvalue weighted by molar-refractivity contribution is 7.81. The minimum Gasteiger partial charge on any atom is -0.489 e. The number of halogens is 4. The Balaban J connectivity index is 1.01. The third-order valence-electron chi connectivity index (χ3n) is 10.6. The topological polar surface area (TPSA) is 150 Å². The predicted octanol–water partition coefficient (Wildman–Crippen LogP) is 5.19. The monoisotopic (exact) mass is 824 g/mol. The van der Waals surface area contributed by atoms with Crippen molar-refractivity contribution in [1.29, 1.82) is 5.26 Å². The molecule has 0 radical (unpaired) electrons. The van der Waals surface area contributed by atoms with Crippen LogP contribution in [0.3, 0.4) is 0 Å². The number of amides is 4. The first-order valence-electron chi connectivity index (χ1n) is 18.7. The van der Waals surface area contributed by atoms with Gasteiger partial charge < -0.3 is 20.3 Å². The van der Waals surface area contributed by atoms with Crippen LogP contribution < -0.4 is 30.5 Å². The minimum atomic E-state index is -4.83. The Labute approximate surface area is 338 Å². The van der Waals surface area contributed by atoms with Crippen molar-refractivity contribution in [3.05, 3.63) is 77.6 Å². The fourth-order valence-electron chi connectivity index (χ4n) is 7.71. The summed E-state index contributed by atoms with van der Waals surface area (Å²) in [6, 6.07) is 15.2. The third-order valence-corrected chi connectivity index (χ3v) is 11.1. The van der Waals surface area contributed by atoms with E-state index in [-0.39, 0.29) is 66.5 Å². The molecule has 13 nitrogen and oxygen atoms in total. The minimum absolute atomic E-state index is 0.00986. The summed E-state index contributed by atoms with van der Waals surface area (Å²) >= 11 is 4.58. The van der Waals surface area contributed by atoms with E-state index in [1.165, 1.54) is 29.2 Å². The fourth-order valence-corrected chi connectivity index (χ4v) is 8.38. The first kappa shape index (κ1) is 42.2. The lowest BCUT2D eigenvalue weighted by Gasteiger charge is -2.44. The summed E-state index contributed by atoms with van der Waals surface area (Å²) in [5, 5.41) is 17.6. The number of nitrogens with zero attached hydrogens (tertiary/aromatic N) is 5. The van der Waals surface area contributed by atoms with Gasteiger partial charge in [-0.25, -0.2) is 4.39 Å². The molecule has 3 saturated heterocycles. The number of anilines is 4. The number of piperidine rings is 1. The average Bonchev–Trinajstić information content (AvgIpc) is 3.33. The first-order valence-corrected chi connectivity index (χ1v) is 19.2. The highest BCUT2D eigenvalue weighted by Gasteiger charge is 2.52. The van der Waals surface area contributed by atoms with Crippen LogP contribution in [0.4, 0.5) is 40.3 Å². The first-order chi connectivity index (χ1) is 27.4. The molecular weight excluding hydrogens is 781 g/mol. The number of imide groups is 1. The van der Waals surface area contributed by atoms with Crippen LogP contribution in [-0.2, 0) is 25.4 Å². The van der Waals surface area contributed by atoms with Crippen molar-refractivity contribution >= 4 is 59.0 Å². The third kappa shape index (κ3) is 9.01. The van der Waals surface area contributed by atoms with Gasteiger partial charge in [0.25, 0.3) is 5.91 Å². The van der Waals surface area contributed by atoms with E-state index in [1.54, 1.807) is 44.2 Å². The van der Waals surface area contributed by atoms with Gasteiger partial charge >= 0.3 is 6.18 Å². The maximum absolute atomic E-state index is 15.5. The predicted molar refractivity (Wildman–Crippen MR) is 212 cm³/mol. The summed E-state index contributed by atoms with van der Waals surface area (Å²) < 4.78 is 62.5. The van der Waals surface area contributed by atoms with Crippen LogP contribution in [0.25, 0.3) is 0 Å². The van der Waals surface area contributed by atoms with Gasteiger partial charge in [0.2, 0.25) is 17.7 Å². The molecule has 0 bridgehead atoms. The number of nitrogens with one attached hydrogen (secondary N) is 3. The summed E-state index contributed by atoms with van der Waals surface area (Å²) in [6.07, 6.45) is -4.20. The molecule has 0 aliphatic carbocycles. The number of rotatable bonds is 11. The van der Waals surface area contributed by atoms with Gasteiger partial charge in [-0.05, 0) is 82.6 Å². The number of thiol groups is 1. The summed E-state index contributed by atoms with van der Waals surface area (Å²) in [6.45, 7) is 9.24. The lowest BCUT2D eigenvalue weighted by molar-refractivity contribution is -0.138. The van der Waals surface area contributed by atoms with Crippen molar-refractivity contribution in [2.75, 3.05) is 53.2 Å². The van der Waals surface area contributed by atoms with Gasteiger partial charge in [-0.2, -0.15) is 18.4 Å². The summed E-state index contributed by atoms with van der Waals surface area (Å²) in [5.41, 5.74) is -2.83. The van der Waals surface area contributed by atoms with Crippen LogP contribution in [0, 0.1) is 17.1 Å². The zero-order valence-electron chi connectivity index (χ0n) is 32.3. The second kappa shape index (κ2) is 16.8. The zero-order chi connectivity index (χ0) is 42.1.